The van der Waals surface area contributed by atoms with Crippen molar-refractivity contribution in [2.24, 2.45) is 5.92 Å². The molecule has 0 aromatic heterocycles. The highest BCUT2D eigenvalue weighted by atomic mass is 16.5. The van der Waals surface area contributed by atoms with E-state index in [9.17, 15) is 4.79 Å². The molecule has 2 aliphatic heterocycles. The molecule has 2 heterocycles. The zero-order chi connectivity index (χ0) is 18.4. The van der Waals surface area contributed by atoms with Crippen molar-refractivity contribution >= 4 is 5.91 Å². The van der Waals surface area contributed by atoms with Crippen LogP contribution in [-0.2, 0) is 4.79 Å². The third-order valence-electron chi connectivity index (χ3n) is 5.83. The summed E-state index contributed by atoms with van der Waals surface area (Å²) in [5.74, 6) is 2.01. The van der Waals surface area contributed by atoms with Gasteiger partial charge in [0.2, 0.25) is 5.91 Å². The molecule has 144 valence electrons. The zero-order valence-electron chi connectivity index (χ0n) is 16.3. The van der Waals surface area contributed by atoms with Crippen LogP contribution in [0, 0.1) is 5.92 Å². The smallest absolute Gasteiger partial charge is 0.239 e. The van der Waals surface area contributed by atoms with Crippen molar-refractivity contribution in [3.8, 4) is 5.75 Å². The number of carbonyl (C=O) groups is 1. The number of benzene rings is 1. The number of hydrogen-bond acceptors (Lipinski definition) is 4. The largest absolute Gasteiger partial charge is 0.492 e. The lowest BCUT2D eigenvalue weighted by Gasteiger charge is -2.40. The van der Waals surface area contributed by atoms with E-state index in [1.165, 1.54) is 0 Å². The Morgan fingerprint density at radius 3 is 2.38 bits per heavy atom. The first kappa shape index (κ1) is 19.2. The Balaban J connectivity index is 1.36. The molecule has 2 fully saturated rings. The minimum Gasteiger partial charge on any atom is -0.492 e. The van der Waals surface area contributed by atoms with Crippen molar-refractivity contribution in [2.75, 3.05) is 52.4 Å². The molecule has 0 saturated carbocycles. The van der Waals surface area contributed by atoms with Crippen LogP contribution in [0.2, 0.25) is 0 Å². The summed E-state index contributed by atoms with van der Waals surface area (Å²) < 4.78 is 5.79. The van der Waals surface area contributed by atoms with Gasteiger partial charge in [0.1, 0.15) is 12.4 Å². The van der Waals surface area contributed by atoms with Crippen LogP contribution in [0.4, 0.5) is 0 Å². The maximum Gasteiger partial charge on any atom is 0.239 e. The van der Waals surface area contributed by atoms with Gasteiger partial charge in [0.05, 0.1) is 6.04 Å². The fourth-order valence-corrected chi connectivity index (χ4v) is 3.83. The first-order valence-electron chi connectivity index (χ1n) is 10.1. The van der Waals surface area contributed by atoms with E-state index in [1.54, 1.807) is 0 Å². The maximum absolute atomic E-state index is 12.8. The Hall–Kier alpha value is -1.59. The third kappa shape index (κ3) is 5.21. The molecule has 0 spiro atoms. The first-order chi connectivity index (χ1) is 12.6. The number of para-hydroxylation sites is 1. The number of hydrogen-bond donors (Lipinski definition) is 0. The lowest BCUT2D eigenvalue weighted by molar-refractivity contribution is -0.138. The number of piperazine rings is 1. The van der Waals surface area contributed by atoms with Crippen LogP contribution >= 0.6 is 0 Å². The predicted molar refractivity (Wildman–Crippen MR) is 104 cm³/mol. The predicted octanol–water partition coefficient (Wildman–Crippen LogP) is 2.33. The number of amides is 1. The van der Waals surface area contributed by atoms with Gasteiger partial charge < -0.3 is 9.64 Å². The summed E-state index contributed by atoms with van der Waals surface area (Å²) >= 11 is 0. The number of piperidine rings is 1. The summed E-state index contributed by atoms with van der Waals surface area (Å²) in [6, 6.07) is 9.98. The van der Waals surface area contributed by atoms with Gasteiger partial charge in [-0.2, -0.15) is 0 Å². The molecule has 5 nitrogen and oxygen atoms in total. The first-order valence-corrected chi connectivity index (χ1v) is 10.1. The van der Waals surface area contributed by atoms with E-state index in [0.29, 0.717) is 12.5 Å². The molecule has 2 saturated heterocycles. The summed E-state index contributed by atoms with van der Waals surface area (Å²) in [6.07, 6.45) is 2.29. The van der Waals surface area contributed by atoms with Gasteiger partial charge in [0.15, 0.2) is 0 Å². The fourth-order valence-electron chi connectivity index (χ4n) is 3.83. The van der Waals surface area contributed by atoms with E-state index >= 15 is 0 Å². The van der Waals surface area contributed by atoms with Gasteiger partial charge in [0, 0.05) is 45.8 Å². The zero-order valence-corrected chi connectivity index (χ0v) is 16.3. The molecule has 26 heavy (non-hydrogen) atoms. The lowest BCUT2D eigenvalue weighted by Crippen LogP contribution is -2.55. The Bertz CT molecular complexity index is 550. The van der Waals surface area contributed by atoms with E-state index in [4.69, 9.17) is 4.74 Å². The van der Waals surface area contributed by atoms with Gasteiger partial charge in [-0.15, -0.1) is 0 Å². The second-order valence-corrected chi connectivity index (χ2v) is 7.72. The molecular weight excluding hydrogens is 326 g/mol. The van der Waals surface area contributed by atoms with E-state index in [2.05, 4.69) is 28.5 Å². The highest BCUT2D eigenvalue weighted by Gasteiger charge is 2.30. The highest BCUT2D eigenvalue weighted by Crippen LogP contribution is 2.18. The van der Waals surface area contributed by atoms with Crippen LogP contribution in [0.1, 0.15) is 26.7 Å². The second kappa shape index (κ2) is 9.38. The van der Waals surface area contributed by atoms with Crippen molar-refractivity contribution < 1.29 is 9.53 Å². The van der Waals surface area contributed by atoms with Crippen LogP contribution in [-0.4, -0.2) is 79.1 Å². The highest BCUT2D eigenvalue weighted by molar-refractivity contribution is 5.81. The Morgan fingerprint density at radius 2 is 1.73 bits per heavy atom. The van der Waals surface area contributed by atoms with Gasteiger partial charge in [-0.3, -0.25) is 14.6 Å². The van der Waals surface area contributed by atoms with Crippen molar-refractivity contribution in [3.05, 3.63) is 30.3 Å². The molecule has 1 unspecified atom stereocenters. The molecule has 0 N–H and O–H groups in total. The van der Waals surface area contributed by atoms with Gasteiger partial charge in [0.25, 0.3) is 0 Å². The Labute approximate surface area is 157 Å². The van der Waals surface area contributed by atoms with Gasteiger partial charge in [-0.05, 0) is 37.8 Å². The molecule has 1 aromatic rings. The maximum atomic E-state index is 12.8. The summed E-state index contributed by atoms with van der Waals surface area (Å²) in [5, 5.41) is 0. The normalized spacial score (nSPS) is 21.5. The second-order valence-electron chi connectivity index (χ2n) is 7.72. The van der Waals surface area contributed by atoms with E-state index < -0.39 is 0 Å². The fraction of sp³-hybridized carbons (Fsp3) is 0.667. The van der Waals surface area contributed by atoms with Crippen molar-refractivity contribution in [3.63, 3.8) is 0 Å². The van der Waals surface area contributed by atoms with Gasteiger partial charge >= 0.3 is 0 Å². The molecule has 0 aliphatic carbocycles. The van der Waals surface area contributed by atoms with Gasteiger partial charge in [-0.1, -0.05) is 25.1 Å². The molecular formula is C21H33N3O2. The topological polar surface area (TPSA) is 36.0 Å². The van der Waals surface area contributed by atoms with Crippen molar-refractivity contribution in [1.82, 2.24) is 14.7 Å². The van der Waals surface area contributed by atoms with Crippen LogP contribution in [0.5, 0.6) is 5.75 Å². The van der Waals surface area contributed by atoms with Gasteiger partial charge in [-0.25, -0.2) is 0 Å². The minimum absolute atomic E-state index is 0.00567. The molecule has 2 aliphatic rings. The quantitative estimate of drug-likeness (QED) is 0.781. The molecule has 0 radical (unpaired) electrons. The number of likely N-dealkylation sites (tertiary alicyclic amines) is 1. The van der Waals surface area contributed by atoms with Crippen LogP contribution in [0.15, 0.2) is 30.3 Å². The Morgan fingerprint density at radius 1 is 1.08 bits per heavy atom. The van der Waals surface area contributed by atoms with Crippen LogP contribution in [0.25, 0.3) is 0 Å². The standard InChI is InChI=1S/C21H33N3O2/c1-18-8-10-24(11-9-18)21(25)19(2)23-14-12-22(13-15-23)16-17-26-20-6-4-3-5-7-20/h3-7,18-19H,8-17H2,1-2H3. The molecule has 5 heteroatoms. The Kier molecular flexibility index (Phi) is 6.92. The average molecular weight is 360 g/mol. The number of rotatable bonds is 6. The third-order valence-corrected chi connectivity index (χ3v) is 5.83. The van der Waals surface area contributed by atoms with Crippen LogP contribution < -0.4 is 4.74 Å². The molecule has 1 atom stereocenters. The summed E-state index contributed by atoms with van der Waals surface area (Å²) in [4.78, 5) is 19.6. The summed E-state index contributed by atoms with van der Waals surface area (Å²) in [7, 11) is 0. The van der Waals surface area contributed by atoms with E-state index in [-0.39, 0.29) is 6.04 Å². The van der Waals surface area contributed by atoms with Crippen molar-refractivity contribution in [1.29, 1.82) is 0 Å². The molecule has 1 amide bonds. The van der Waals surface area contributed by atoms with Crippen LogP contribution in [0.3, 0.4) is 0 Å². The molecule has 3 rings (SSSR count). The number of carbonyl (C=O) groups excluding carboxylic acids is 1. The number of ether oxygens (including phenoxy) is 1. The molecule has 1 aromatic carbocycles. The number of nitrogens with zero attached hydrogens (tertiary/aromatic N) is 3. The van der Waals surface area contributed by atoms with E-state index in [1.807, 2.05) is 30.3 Å². The summed E-state index contributed by atoms with van der Waals surface area (Å²) in [5.41, 5.74) is 0. The minimum atomic E-state index is 0.00567. The average Bonchev–Trinajstić information content (AvgIpc) is 2.69. The monoisotopic (exact) mass is 359 g/mol. The molecule has 0 bridgehead atoms. The van der Waals surface area contributed by atoms with Crippen molar-refractivity contribution in [2.45, 2.75) is 32.7 Å². The summed E-state index contributed by atoms with van der Waals surface area (Å²) in [6.45, 7) is 11.8. The van der Waals surface area contributed by atoms with E-state index in [0.717, 1.165) is 70.3 Å². The SMILES string of the molecule is CC1CCN(C(=O)C(C)N2CCN(CCOc3ccccc3)CC2)CC1. The lowest BCUT2D eigenvalue weighted by atomic mass is 9.98.